The van der Waals surface area contributed by atoms with Gasteiger partial charge in [-0.25, -0.2) is 17.8 Å². The van der Waals surface area contributed by atoms with Gasteiger partial charge in [-0.2, -0.15) is 0 Å². The van der Waals surface area contributed by atoms with Crippen LogP contribution in [0.2, 0.25) is 0 Å². The van der Waals surface area contributed by atoms with Crippen molar-refractivity contribution < 1.29 is 12.8 Å². The van der Waals surface area contributed by atoms with Crippen LogP contribution in [0.25, 0.3) is 0 Å². The number of nitrogens with zero attached hydrogens (tertiary/aromatic N) is 3. The molecule has 0 amide bonds. The van der Waals surface area contributed by atoms with E-state index in [1.807, 2.05) is 12.1 Å². The minimum atomic E-state index is -3.64. The van der Waals surface area contributed by atoms with E-state index in [9.17, 15) is 12.8 Å². The quantitative estimate of drug-likeness (QED) is 0.688. The number of hydrogen-bond acceptors (Lipinski definition) is 6. The van der Waals surface area contributed by atoms with E-state index in [1.165, 1.54) is 23.5 Å². The molecule has 0 bridgehead atoms. The molecule has 1 aliphatic heterocycles. The third-order valence-electron chi connectivity index (χ3n) is 4.64. The molecule has 3 aromatic rings. The van der Waals surface area contributed by atoms with Crippen LogP contribution < -0.4 is 14.5 Å². The van der Waals surface area contributed by atoms with Crippen molar-refractivity contribution in [2.45, 2.75) is 4.90 Å². The molecule has 2 heterocycles. The van der Waals surface area contributed by atoms with Crippen LogP contribution in [-0.4, -0.2) is 39.6 Å². The van der Waals surface area contributed by atoms with Gasteiger partial charge in [0.15, 0.2) is 5.13 Å². The molecule has 9 heteroatoms. The summed E-state index contributed by atoms with van der Waals surface area (Å²) in [7, 11) is -3.64. The zero-order valence-electron chi connectivity index (χ0n) is 15.0. The van der Waals surface area contributed by atoms with Crippen LogP contribution in [0.1, 0.15) is 0 Å². The molecule has 0 saturated carbocycles. The highest BCUT2D eigenvalue weighted by molar-refractivity contribution is 7.93. The van der Waals surface area contributed by atoms with Crippen LogP contribution in [0.5, 0.6) is 0 Å². The van der Waals surface area contributed by atoms with Gasteiger partial charge in [-0.15, -0.1) is 11.3 Å². The van der Waals surface area contributed by atoms with Gasteiger partial charge in [0.05, 0.1) is 4.90 Å². The van der Waals surface area contributed by atoms with Crippen molar-refractivity contribution >= 4 is 37.9 Å². The number of thiazole rings is 1. The van der Waals surface area contributed by atoms with Crippen molar-refractivity contribution in [3.8, 4) is 0 Å². The molecule has 0 atom stereocenters. The Hall–Kier alpha value is -2.65. The highest BCUT2D eigenvalue weighted by Crippen LogP contribution is 2.24. The van der Waals surface area contributed by atoms with Crippen LogP contribution in [0.3, 0.4) is 0 Å². The molecule has 1 N–H and O–H groups in total. The molecule has 0 unspecified atom stereocenters. The summed E-state index contributed by atoms with van der Waals surface area (Å²) in [4.78, 5) is 8.58. The summed E-state index contributed by atoms with van der Waals surface area (Å²) in [5, 5.41) is 2.06. The van der Waals surface area contributed by atoms with Gasteiger partial charge in [0.25, 0.3) is 10.0 Å². The molecule has 2 aromatic carbocycles. The summed E-state index contributed by atoms with van der Waals surface area (Å²) in [6, 6.07) is 13.4. The van der Waals surface area contributed by atoms with E-state index in [4.69, 9.17) is 0 Å². The van der Waals surface area contributed by atoms with Gasteiger partial charge in [0, 0.05) is 49.1 Å². The van der Waals surface area contributed by atoms with Crippen molar-refractivity contribution in [3.05, 3.63) is 65.9 Å². The number of hydrogen-bond donors (Lipinski definition) is 1. The Labute approximate surface area is 167 Å². The number of benzene rings is 2. The lowest BCUT2D eigenvalue weighted by molar-refractivity contribution is 0.601. The maximum Gasteiger partial charge on any atom is 0.263 e. The van der Waals surface area contributed by atoms with Crippen molar-refractivity contribution in [2.24, 2.45) is 0 Å². The van der Waals surface area contributed by atoms with Gasteiger partial charge in [0.2, 0.25) is 0 Å². The number of halogens is 1. The summed E-state index contributed by atoms with van der Waals surface area (Å²) in [6.45, 7) is 3.25. The second kappa shape index (κ2) is 7.76. The zero-order valence-corrected chi connectivity index (χ0v) is 16.6. The normalized spacial score (nSPS) is 14.9. The summed E-state index contributed by atoms with van der Waals surface area (Å²) >= 11 is 1.23. The lowest BCUT2D eigenvalue weighted by Gasteiger charge is -2.37. The fraction of sp³-hybridized carbons (Fsp3) is 0.211. The van der Waals surface area contributed by atoms with Crippen LogP contribution in [0.15, 0.2) is 65.0 Å². The molecule has 1 aromatic heterocycles. The maximum atomic E-state index is 13.1. The molecular formula is C19H19FN4O2S2. The maximum absolute atomic E-state index is 13.1. The Morgan fingerprint density at radius 1 is 0.893 bits per heavy atom. The highest BCUT2D eigenvalue weighted by Gasteiger charge is 2.19. The smallest absolute Gasteiger partial charge is 0.263 e. The van der Waals surface area contributed by atoms with E-state index < -0.39 is 10.0 Å². The molecule has 146 valence electrons. The predicted molar refractivity (Wildman–Crippen MR) is 110 cm³/mol. The van der Waals surface area contributed by atoms with E-state index in [0.717, 1.165) is 37.6 Å². The summed E-state index contributed by atoms with van der Waals surface area (Å²) in [6.07, 6.45) is 1.55. The molecule has 1 saturated heterocycles. The summed E-state index contributed by atoms with van der Waals surface area (Å²) in [5.74, 6) is -0.234. The first-order valence-corrected chi connectivity index (χ1v) is 11.2. The first kappa shape index (κ1) is 18.7. The molecule has 4 rings (SSSR count). The summed E-state index contributed by atoms with van der Waals surface area (Å²) in [5.41, 5.74) is 1.99. The lowest BCUT2D eigenvalue weighted by atomic mass is 10.2. The SMILES string of the molecule is O=S(=O)(Nc1nccs1)c1ccc(N2CCN(c3ccc(F)cc3)CC2)cc1. The van der Waals surface area contributed by atoms with Gasteiger partial charge in [-0.05, 0) is 48.5 Å². The average molecular weight is 419 g/mol. The van der Waals surface area contributed by atoms with Crippen LogP contribution in [0.4, 0.5) is 20.9 Å². The van der Waals surface area contributed by atoms with E-state index in [0.29, 0.717) is 5.13 Å². The number of sulfonamides is 1. The number of anilines is 3. The van der Waals surface area contributed by atoms with Gasteiger partial charge in [-0.1, -0.05) is 0 Å². The molecule has 28 heavy (non-hydrogen) atoms. The monoisotopic (exact) mass is 418 g/mol. The third-order valence-corrected chi connectivity index (χ3v) is 6.81. The Kier molecular flexibility index (Phi) is 5.19. The fourth-order valence-corrected chi connectivity index (χ4v) is 4.95. The van der Waals surface area contributed by atoms with E-state index in [-0.39, 0.29) is 10.7 Å². The highest BCUT2D eigenvalue weighted by atomic mass is 32.2. The number of aromatic nitrogens is 1. The predicted octanol–water partition coefficient (Wildman–Crippen LogP) is 3.41. The lowest BCUT2D eigenvalue weighted by Crippen LogP contribution is -2.46. The zero-order chi connectivity index (χ0) is 19.6. The topological polar surface area (TPSA) is 65.5 Å². The number of piperazine rings is 1. The van der Waals surface area contributed by atoms with Crippen LogP contribution >= 0.6 is 11.3 Å². The standard InChI is InChI=1S/C19H19FN4O2S2/c20-15-1-3-16(4-2-15)23-10-12-24(13-11-23)17-5-7-18(8-6-17)28(25,26)22-19-21-9-14-27-19/h1-9,14H,10-13H2,(H,21,22). The Bertz CT molecular complexity index is 1010. The molecule has 0 spiro atoms. The van der Waals surface area contributed by atoms with Crippen molar-refractivity contribution in [1.29, 1.82) is 0 Å². The molecule has 0 radical (unpaired) electrons. The summed E-state index contributed by atoms with van der Waals surface area (Å²) < 4.78 is 40.4. The van der Waals surface area contributed by atoms with Crippen molar-refractivity contribution in [3.63, 3.8) is 0 Å². The molecule has 0 aliphatic carbocycles. The first-order valence-electron chi connectivity index (χ1n) is 8.79. The first-order chi connectivity index (χ1) is 13.5. The Balaban J connectivity index is 1.40. The number of rotatable bonds is 5. The second-order valence-corrected chi connectivity index (χ2v) is 8.96. The van der Waals surface area contributed by atoms with Gasteiger partial charge < -0.3 is 9.80 Å². The molecule has 6 nitrogen and oxygen atoms in total. The second-order valence-electron chi connectivity index (χ2n) is 6.39. The Morgan fingerprint density at radius 2 is 1.43 bits per heavy atom. The minimum absolute atomic E-state index is 0.205. The molecular weight excluding hydrogens is 399 g/mol. The molecule has 1 fully saturated rings. The van der Waals surface area contributed by atoms with Crippen molar-refractivity contribution in [2.75, 3.05) is 40.7 Å². The average Bonchev–Trinajstić information content (AvgIpc) is 3.21. The van der Waals surface area contributed by atoms with Gasteiger partial charge >= 0.3 is 0 Å². The fourth-order valence-electron chi connectivity index (χ4n) is 3.16. The molecule has 1 aliphatic rings. The van der Waals surface area contributed by atoms with Crippen LogP contribution in [0, 0.1) is 5.82 Å². The van der Waals surface area contributed by atoms with Crippen LogP contribution in [-0.2, 0) is 10.0 Å². The van der Waals surface area contributed by atoms with Crippen molar-refractivity contribution in [1.82, 2.24) is 4.98 Å². The largest absolute Gasteiger partial charge is 0.368 e. The Morgan fingerprint density at radius 3 is 1.93 bits per heavy atom. The van der Waals surface area contributed by atoms with E-state index >= 15 is 0 Å². The van der Waals surface area contributed by atoms with E-state index in [2.05, 4.69) is 19.5 Å². The van der Waals surface area contributed by atoms with E-state index in [1.54, 1.807) is 35.8 Å². The number of nitrogens with one attached hydrogen (secondary N) is 1. The van der Waals surface area contributed by atoms with Gasteiger partial charge in [0.1, 0.15) is 5.82 Å². The van der Waals surface area contributed by atoms with Gasteiger partial charge in [-0.3, -0.25) is 4.72 Å². The third kappa shape index (κ3) is 4.10. The minimum Gasteiger partial charge on any atom is -0.368 e.